The molecule has 0 aromatic heterocycles. The molecule has 0 aromatic rings. The zero-order chi connectivity index (χ0) is 8.58. The molecule has 62 valence electrons. The van der Waals surface area contributed by atoms with E-state index < -0.39 is 22.3 Å². The smallest absolute Gasteiger partial charge is 0.334 e. The Morgan fingerprint density at radius 3 is 1.10 bits per heavy atom. The Labute approximate surface area is 62.3 Å². The van der Waals surface area contributed by atoms with Crippen molar-refractivity contribution < 1.29 is 19.2 Å². The molecule has 0 bridgehead atoms. The molecule has 4 nitrogen and oxygen atoms in total. The first-order valence-corrected chi connectivity index (χ1v) is 7.99. The van der Waals surface area contributed by atoms with Crippen molar-refractivity contribution in [3.05, 3.63) is 0 Å². The lowest BCUT2D eigenvalue weighted by Crippen LogP contribution is -2.50. The molecule has 0 unspecified atom stereocenters. The van der Waals surface area contributed by atoms with Crippen molar-refractivity contribution in [1.82, 2.24) is 0 Å². The fourth-order valence-electron chi connectivity index (χ4n) is 0.518. The molecular weight excluding hydrogens is 168 g/mol. The van der Waals surface area contributed by atoms with Crippen LogP contribution in [0.2, 0.25) is 18.3 Å². The minimum absolute atomic E-state index is 0.736. The van der Waals surface area contributed by atoms with Gasteiger partial charge in [0.2, 0.25) is 0 Å². The lowest BCUT2D eigenvalue weighted by molar-refractivity contribution is 0.323. The van der Waals surface area contributed by atoms with Gasteiger partial charge in [0.05, 0.1) is 0 Å². The van der Waals surface area contributed by atoms with Gasteiger partial charge in [0.15, 0.2) is 0 Å². The third-order valence-corrected chi connectivity index (χ3v) is 8.20. The standard InChI is InChI=1S/C4H14O4Si2/c1-4(9(2,5)6)10(3,7)8/h4-8H,1-3H3. The minimum atomic E-state index is -3.33. The van der Waals surface area contributed by atoms with Crippen LogP contribution in [0.5, 0.6) is 0 Å². The molecule has 6 heteroatoms. The summed E-state index contributed by atoms with van der Waals surface area (Å²) in [7, 11) is -6.67. The molecule has 0 saturated carbocycles. The van der Waals surface area contributed by atoms with Crippen LogP contribution < -0.4 is 0 Å². The first kappa shape index (κ1) is 10.3. The highest BCUT2D eigenvalue weighted by atomic mass is 28.4. The van der Waals surface area contributed by atoms with Gasteiger partial charge in [-0.25, -0.2) is 0 Å². The molecule has 0 saturated heterocycles. The van der Waals surface area contributed by atoms with Gasteiger partial charge in [-0.15, -0.1) is 0 Å². The average Bonchev–Trinajstić information content (AvgIpc) is 1.59. The van der Waals surface area contributed by atoms with Crippen LogP contribution in [0.1, 0.15) is 6.92 Å². The summed E-state index contributed by atoms with van der Waals surface area (Å²) < 4.78 is 0. The molecule has 0 aliphatic carbocycles. The molecule has 4 N–H and O–H groups in total. The third kappa shape index (κ3) is 2.91. The van der Waals surface area contributed by atoms with E-state index in [2.05, 4.69) is 0 Å². The molecule has 0 heterocycles. The van der Waals surface area contributed by atoms with Gasteiger partial charge < -0.3 is 19.2 Å². The Bertz CT molecular complexity index is 99.4. The molecule has 0 atom stereocenters. The lowest BCUT2D eigenvalue weighted by Gasteiger charge is -2.26. The van der Waals surface area contributed by atoms with Crippen molar-refractivity contribution in [2.24, 2.45) is 0 Å². The highest BCUT2D eigenvalue weighted by molar-refractivity contribution is 6.84. The second kappa shape index (κ2) is 2.72. The first-order valence-electron chi connectivity index (χ1n) is 3.05. The van der Waals surface area contributed by atoms with Gasteiger partial charge in [0, 0.05) is 5.16 Å². The van der Waals surface area contributed by atoms with E-state index in [-0.39, 0.29) is 0 Å². The summed E-state index contributed by atoms with van der Waals surface area (Å²) in [5, 5.41) is -0.736. The fourth-order valence-corrected chi connectivity index (χ4v) is 4.66. The van der Waals surface area contributed by atoms with E-state index in [4.69, 9.17) is 19.2 Å². The summed E-state index contributed by atoms with van der Waals surface area (Å²) in [6.07, 6.45) is 0. The van der Waals surface area contributed by atoms with Crippen molar-refractivity contribution in [3.8, 4) is 0 Å². The molecule has 0 fully saturated rings. The monoisotopic (exact) mass is 182 g/mol. The molecule has 10 heavy (non-hydrogen) atoms. The number of hydrogen-bond acceptors (Lipinski definition) is 4. The van der Waals surface area contributed by atoms with Gasteiger partial charge >= 0.3 is 17.1 Å². The average molecular weight is 182 g/mol. The van der Waals surface area contributed by atoms with Crippen LogP contribution in [0.3, 0.4) is 0 Å². The van der Waals surface area contributed by atoms with Crippen LogP contribution in [-0.4, -0.2) is 36.3 Å². The summed E-state index contributed by atoms with van der Waals surface area (Å²) in [4.78, 5) is 36.1. The van der Waals surface area contributed by atoms with E-state index in [9.17, 15) is 0 Å². The maximum absolute atomic E-state index is 9.03. The van der Waals surface area contributed by atoms with Gasteiger partial charge in [0.25, 0.3) is 0 Å². The lowest BCUT2D eigenvalue weighted by atomic mass is 10.9. The van der Waals surface area contributed by atoms with Crippen molar-refractivity contribution in [2.45, 2.75) is 25.2 Å². The van der Waals surface area contributed by atoms with Gasteiger partial charge in [-0.05, 0) is 13.1 Å². The van der Waals surface area contributed by atoms with Gasteiger partial charge in [-0.3, -0.25) is 0 Å². The Hall–Kier alpha value is 0.274. The van der Waals surface area contributed by atoms with Gasteiger partial charge in [-0.2, -0.15) is 0 Å². The Morgan fingerprint density at radius 1 is 0.900 bits per heavy atom. The first-order chi connectivity index (χ1) is 4.15. The summed E-state index contributed by atoms with van der Waals surface area (Å²) in [6.45, 7) is 4.00. The SMILES string of the molecule is CC([Si](C)(O)O)[Si](C)(O)O. The predicted molar refractivity (Wildman–Crippen MR) is 41.5 cm³/mol. The molecule has 0 amide bonds. The Kier molecular flexibility index (Phi) is 2.80. The van der Waals surface area contributed by atoms with Crippen molar-refractivity contribution >= 4 is 17.1 Å². The minimum Gasteiger partial charge on any atom is -0.411 e. The Balaban J connectivity index is 4.23. The van der Waals surface area contributed by atoms with Crippen LogP contribution in [0.15, 0.2) is 0 Å². The number of rotatable bonds is 2. The summed E-state index contributed by atoms with van der Waals surface area (Å²) in [5.74, 6) is 0. The van der Waals surface area contributed by atoms with Gasteiger partial charge in [0.1, 0.15) is 0 Å². The molecule has 0 rings (SSSR count). The van der Waals surface area contributed by atoms with Gasteiger partial charge in [-0.1, -0.05) is 6.92 Å². The maximum Gasteiger partial charge on any atom is 0.334 e. The van der Waals surface area contributed by atoms with Crippen LogP contribution >= 0.6 is 0 Å². The van der Waals surface area contributed by atoms with Crippen molar-refractivity contribution in [3.63, 3.8) is 0 Å². The highest BCUT2D eigenvalue weighted by Gasteiger charge is 2.45. The van der Waals surface area contributed by atoms with E-state index in [1.54, 1.807) is 0 Å². The highest BCUT2D eigenvalue weighted by Crippen LogP contribution is 2.23. The maximum atomic E-state index is 9.03. The molecule has 0 aromatic carbocycles. The van der Waals surface area contributed by atoms with E-state index in [1.165, 1.54) is 20.0 Å². The Morgan fingerprint density at radius 2 is 1.10 bits per heavy atom. The molecule has 0 spiro atoms. The second-order valence-corrected chi connectivity index (χ2v) is 9.60. The van der Waals surface area contributed by atoms with E-state index in [0.717, 1.165) is 0 Å². The van der Waals surface area contributed by atoms with Crippen LogP contribution in [0.25, 0.3) is 0 Å². The molecule has 0 aliphatic heterocycles. The van der Waals surface area contributed by atoms with E-state index >= 15 is 0 Å². The quantitative estimate of drug-likeness (QED) is 0.414. The zero-order valence-electron chi connectivity index (χ0n) is 6.37. The number of hydrogen-bond donors (Lipinski definition) is 4. The summed E-state index contributed by atoms with van der Waals surface area (Å²) >= 11 is 0. The van der Waals surface area contributed by atoms with Crippen LogP contribution in [0.4, 0.5) is 0 Å². The van der Waals surface area contributed by atoms with Crippen LogP contribution in [0, 0.1) is 0 Å². The molecule has 0 radical (unpaired) electrons. The van der Waals surface area contributed by atoms with Crippen molar-refractivity contribution in [1.29, 1.82) is 0 Å². The van der Waals surface area contributed by atoms with E-state index in [0.29, 0.717) is 0 Å². The second-order valence-electron chi connectivity index (χ2n) is 2.91. The normalized spacial score (nSPS) is 14.4. The largest absolute Gasteiger partial charge is 0.411 e. The molecular formula is C4H14O4Si2. The van der Waals surface area contributed by atoms with E-state index in [1.807, 2.05) is 0 Å². The molecule has 0 aliphatic rings. The van der Waals surface area contributed by atoms with Crippen LogP contribution in [-0.2, 0) is 0 Å². The predicted octanol–water partition coefficient (Wildman–Crippen LogP) is -0.971. The van der Waals surface area contributed by atoms with Crippen molar-refractivity contribution in [2.75, 3.05) is 0 Å². The summed E-state index contributed by atoms with van der Waals surface area (Å²) in [6, 6.07) is 0. The third-order valence-electron chi connectivity index (χ3n) is 1.64. The fraction of sp³-hybridized carbons (Fsp3) is 1.00. The summed E-state index contributed by atoms with van der Waals surface area (Å²) in [5.41, 5.74) is 0. The zero-order valence-corrected chi connectivity index (χ0v) is 8.37. The topological polar surface area (TPSA) is 80.9 Å².